The van der Waals surface area contributed by atoms with Crippen LogP contribution >= 0.6 is 0 Å². The Morgan fingerprint density at radius 2 is 1.90 bits per heavy atom. The summed E-state index contributed by atoms with van der Waals surface area (Å²) in [7, 11) is -3.43. The van der Waals surface area contributed by atoms with Gasteiger partial charge in [-0.05, 0) is 24.1 Å². The highest BCUT2D eigenvalue weighted by molar-refractivity contribution is 7.89. The minimum absolute atomic E-state index is 0.339. The number of nitrogens with zero attached hydrogens (tertiary/aromatic N) is 1. The highest BCUT2D eigenvalue weighted by Crippen LogP contribution is 2.17. The Morgan fingerprint density at radius 3 is 2.38 bits per heavy atom. The lowest BCUT2D eigenvalue weighted by Crippen LogP contribution is -2.32. The second-order valence-corrected chi connectivity index (χ2v) is 7.27. The summed E-state index contributed by atoms with van der Waals surface area (Å²) < 4.78 is 26.6. The number of sulfonamides is 1. The van der Waals surface area contributed by atoms with Gasteiger partial charge >= 0.3 is 0 Å². The van der Waals surface area contributed by atoms with Crippen molar-refractivity contribution >= 4 is 10.0 Å². The zero-order valence-electron chi connectivity index (χ0n) is 13.2. The van der Waals surface area contributed by atoms with Gasteiger partial charge in [-0.1, -0.05) is 39.0 Å². The van der Waals surface area contributed by atoms with Crippen LogP contribution in [0.25, 0.3) is 0 Å². The van der Waals surface area contributed by atoms with E-state index >= 15 is 0 Å². The van der Waals surface area contributed by atoms with Crippen molar-refractivity contribution in [1.29, 1.82) is 0 Å². The van der Waals surface area contributed by atoms with Crippen LogP contribution in [-0.2, 0) is 16.6 Å². The molecule has 0 saturated carbocycles. The largest absolute Gasteiger partial charge is 0.310 e. The van der Waals surface area contributed by atoms with Gasteiger partial charge in [-0.25, -0.2) is 8.42 Å². The quantitative estimate of drug-likeness (QED) is 0.714. The van der Waals surface area contributed by atoms with Crippen LogP contribution in [-0.4, -0.2) is 31.9 Å². The molecular formula is C16H26N2O2S. The van der Waals surface area contributed by atoms with Crippen LogP contribution in [0.5, 0.6) is 0 Å². The predicted octanol–water partition coefficient (Wildman–Crippen LogP) is 2.77. The van der Waals surface area contributed by atoms with Gasteiger partial charge in [0, 0.05) is 25.7 Å². The fraction of sp³-hybridized carbons (Fsp3) is 0.500. The number of benzene rings is 1. The van der Waals surface area contributed by atoms with E-state index in [0.717, 1.165) is 18.5 Å². The Morgan fingerprint density at radius 1 is 1.29 bits per heavy atom. The molecule has 1 rings (SSSR count). The zero-order valence-corrected chi connectivity index (χ0v) is 14.0. The molecule has 0 unspecified atom stereocenters. The number of hydrogen-bond acceptors (Lipinski definition) is 3. The fourth-order valence-corrected chi connectivity index (χ4v) is 3.46. The molecule has 0 atom stereocenters. The predicted molar refractivity (Wildman–Crippen MR) is 87.7 cm³/mol. The second-order valence-electron chi connectivity index (χ2n) is 5.33. The van der Waals surface area contributed by atoms with Gasteiger partial charge in [-0.15, -0.1) is 6.58 Å². The summed E-state index contributed by atoms with van der Waals surface area (Å²) in [5.41, 5.74) is 1.08. The van der Waals surface area contributed by atoms with Crippen molar-refractivity contribution < 1.29 is 8.42 Å². The summed E-state index contributed by atoms with van der Waals surface area (Å²) in [6, 6.07) is 7.48. The third kappa shape index (κ3) is 5.26. The number of rotatable bonds is 9. The molecule has 0 amide bonds. The number of nitrogens with one attached hydrogen (secondary N) is 1. The van der Waals surface area contributed by atoms with Crippen LogP contribution in [0.2, 0.25) is 0 Å². The minimum Gasteiger partial charge on any atom is -0.310 e. The van der Waals surface area contributed by atoms with Crippen molar-refractivity contribution in [3.63, 3.8) is 0 Å². The Bertz CT molecular complexity index is 536. The molecule has 0 radical (unpaired) electrons. The van der Waals surface area contributed by atoms with E-state index in [2.05, 4.69) is 25.7 Å². The summed E-state index contributed by atoms with van der Waals surface area (Å²) in [6.45, 7) is 11.3. The van der Waals surface area contributed by atoms with Crippen molar-refractivity contribution in [3.8, 4) is 0 Å². The molecule has 0 bridgehead atoms. The molecule has 21 heavy (non-hydrogen) atoms. The van der Waals surface area contributed by atoms with Gasteiger partial charge < -0.3 is 5.32 Å². The van der Waals surface area contributed by atoms with E-state index < -0.39 is 10.0 Å². The SMILES string of the molecule is C=CCN(CCC)S(=O)(=O)c1ccc(CNC(C)C)cc1. The lowest BCUT2D eigenvalue weighted by atomic mass is 10.2. The Hall–Kier alpha value is -1.17. The molecule has 5 heteroatoms. The van der Waals surface area contributed by atoms with E-state index in [1.807, 2.05) is 19.1 Å². The van der Waals surface area contributed by atoms with E-state index in [9.17, 15) is 8.42 Å². The van der Waals surface area contributed by atoms with Gasteiger partial charge in [-0.2, -0.15) is 4.31 Å². The molecule has 118 valence electrons. The summed E-state index contributed by atoms with van der Waals surface area (Å²) >= 11 is 0. The lowest BCUT2D eigenvalue weighted by Gasteiger charge is -2.20. The molecule has 1 aromatic rings. The first-order chi connectivity index (χ1) is 9.91. The zero-order chi connectivity index (χ0) is 15.9. The van der Waals surface area contributed by atoms with Crippen LogP contribution in [0.15, 0.2) is 41.8 Å². The van der Waals surface area contributed by atoms with Crippen molar-refractivity contribution in [2.75, 3.05) is 13.1 Å². The third-order valence-corrected chi connectivity index (χ3v) is 4.96. The van der Waals surface area contributed by atoms with Crippen LogP contribution in [0, 0.1) is 0 Å². The molecule has 0 aliphatic rings. The number of hydrogen-bond donors (Lipinski definition) is 1. The second kappa shape index (κ2) is 8.32. The Labute approximate surface area is 128 Å². The summed E-state index contributed by atoms with van der Waals surface area (Å²) in [5, 5.41) is 3.31. The highest BCUT2D eigenvalue weighted by atomic mass is 32.2. The van der Waals surface area contributed by atoms with Gasteiger partial charge in [-0.3, -0.25) is 0 Å². The molecule has 1 N–H and O–H groups in total. The molecule has 1 aromatic carbocycles. The van der Waals surface area contributed by atoms with Gasteiger partial charge in [0.1, 0.15) is 0 Å². The van der Waals surface area contributed by atoms with Gasteiger partial charge in [0.05, 0.1) is 4.90 Å². The summed E-state index contributed by atoms with van der Waals surface area (Å²) in [4.78, 5) is 0.339. The van der Waals surface area contributed by atoms with E-state index in [0.29, 0.717) is 24.0 Å². The topological polar surface area (TPSA) is 49.4 Å². The normalized spacial score (nSPS) is 12.0. The molecule has 0 aliphatic carbocycles. The van der Waals surface area contributed by atoms with E-state index in [-0.39, 0.29) is 0 Å². The van der Waals surface area contributed by atoms with Gasteiger partial charge in [0.15, 0.2) is 0 Å². The molecule has 0 heterocycles. The maximum atomic E-state index is 12.6. The molecule has 0 fully saturated rings. The maximum Gasteiger partial charge on any atom is 0.243 e. The van der Waals surface area contributed by atoms with Crippen molar-refractivity contribution in [1.82, 2.24) is 9.62 Å². The summed E-state index contributed by atoms with van der Waals surface area (Å²) in [6.07, 6.45) is 2.40. The van der Waals surface area contributed by atoms with Crippen LogP contribution in [0.1, 0.15) is 32.8 Å². The Kier molecular flexibility index (Phi) is 7.08. The molecule has 0 aliphatic heterocycles. The standard InChI is InChI=1S/C16H26N2O2S/c1-5-11-18(12-6-2)21(19,20)16-9-7-15(8-10-16)13-17-14(3)4/h5,7-10,14,17H,1,6,11-13H2,2-4H3. The minimum atomic E-state index is -3.43. The average molecular weight is 310 g/mol. The van der Waals surface area contributed by atoms with E-state index in [1.54, 1.807) is 18.2 Å². The first-order valence-corrected chi connectivity index (χ1v) is 8.79. The van der Waals surface area contributed by atoms with Crippen LogP contribution in [0.4, 0.5) is 0 Å². The van der Waals surface area contributed by atoms with Gasteiger partial charge in [0.25, 0.3) is 0 Å². The summed E-state index contributed by atoms with van der Waals surface area (Å²) in [5.74, 6) is 0. The van der Waals surface area contributed by atoms with Crippen molar-refractivity contribution in [2.45, 2.75) is 44.7 Å². The van der Waals surface area contributed by atoms with E-state index in [4.69, 9.17) is 0 Å². The van der Waals surface area contributed by atoms with Gasteiger partial charge in [0.2, 0.25) is 10.0 Å². The average Bonchev–Trinajstić information content (AvgIpc) is 2.45. The lowest BCUT2D eigenvalue weighted by molar-refractivity contribution is 0.441. The molecular weight excluding hydrogens is 284 g/mol. The van der Waals surface area contributed by atoms with Crippen LogP contribution in [0.3, 0.4) is 0 Å². The third-order valence-electron chi connectivity index (χ3n) is 3.08. The molecule has 0 aromatic heterocycles. The monoisotopic (exact) mass is 310 g/mol. The maximum absolute atomic E-state index is 12.6. The highest BCUT2D eigenvalue weighted by Gasteiger charge is 2.22. The first kappa shape index (κ1) is 17.9. The van der Waals surface area contributed by atoms with Crippen molar-refractivity contribution in [3.05, 3.63) is 42.5 Å². The molecule has 0 spiro atoms. The fourth-order valence-electron chi connectivity index (χ4n) is 1.95. The smallest absolute Gasteiger partial charge is 0.243 e. The van der Waals surface area contributed by atoms with Crippen LogP contribution < -0.4 is 5.32 Å². The van der Waals surface area contributed by atoms with Crippen molar-refractivity contribution in [2.24, 2.45) is 0 Å². The van der Waals surface area contributed by atoms with E-state index in [1.165, 1.54) is 4.31 Å². The molecule has 0 saturated heterocycles. The molecule has 4 nitrogen and oxygen atoms in total. The first-order valence-electron chi connectivity index (χ1n) is 7.35. The Balaban J connectivity index is 2.90.